The van der Waals surface area contributed by atoms with Gasteiger partial charge in [-0.1, -0.05) is 0 Å². The number of hydrogen-bond acceptors (Lipinski definition) is 6. The fourth-order valence-corrected chi connectivity index (χ4v) is 2.43. The molecule has 7 nitrogen and oxygen atoms in total. The second kappa shape index (κ2) is 6.60. The first kappa shape index (κ1) is 14.8. The number of hydrogen-bond donors (Lipinski definition) is 2. The molecule has 1 aromatic rings. The Hall–Kier alpha value is -1.28. The van der Waals surface area contributed by atoms with Crippen molar-refractivity contribution >= 4 is 23.3 Å². The van der Waals surface area contributed by atoms with Gasteiger partial charge in [-0.05, 0) is 19.6 Å². The van der Waals surface area contributed by atoms with E-state index in [4.69, 9.17) is 5.11 Å². The van der Waals surface area contributed by atoms with Gasteiger partial charge in [0, 0.05) is 25.4 Å². The third-order valence-electron chi connectivity index (χ3n) is 2.56. The lowest BCUT2D eigenvalue weighted by molar-refractivity contribution is -0.384. The maximum atomic E-state index is 11.0. The number of nitrogens with zero attached hydrogens (tertiary/aromatic N) is 3. The van der Waals surface area contributed by atoms with Gasteiger partial charge in [-0.2, -0.15) is 16.9 Å². The zero-order valence-electron chi connectivity index (χ0n) is 10.7. The Bertz CT molecular complexity index is 416. The number of rotatable bonds is 7. The van der Waals surface area contributed by atoms with Gasteiger partial charge < -0.3 is 10.4 Å². The first-order valence-corrected chi connectivity index (χ1v) is 6.95. The van der Waals surface area contributed by atoms with Crippen LogP contribution in [0, 0.1) is 17.0 Å². The van der Waals surface area contributed by atoms with E-state index in [2.05, 4.69) is 10.4 Å². The molecule has 0 aliphatic rings. The van der Waals surface area contributed by atoms with Crippen LogP contribution in [0.2, 0.25) is 0 Å². The molecule has 1 rings (SSSR count). The van der Waals surface area contributed by atoms with E-state index in [1.165, 1.54) is 4.68 Å². The highest BCUT2D eigenvalue weighted by atomic mass is 32.2. The van der Waals surface area contributed by atoms with Crippen LogP contribution in [-0.4, -0.2) is 44.5 Å². The fourth-order valence-electron chi connectivity index (χ4n) is 1.77. The van der Waals surface area contributed by atoms with Gasteiger partial charge in [0.1, 0.15) is 5.69 Å². The zero-order valence-corrected chi connectivity index (χ0v) is 11.5. The van der Waals surface area contributed by atoms with Crippen molar-refractivity contribution in [1.82, 2.24) is 9.78 Å². The van der Waals surface area contributed by atoms with Gasteiger partial charge in [0.15, 0.2) is 0 Å². The van der Waals surface area contributed by atoms with Gasteiger partial charge in [-0.15, -0.1) is 0 Å². The molecule has 18 heavy (non-hydrogen) atoms. The number of nitrogens with one attached hydrogen (secondary N) is 1. The van der Waals surface area contributed by atoms with Crippen molar-refractivity contribution in [2.75, 3.05) is 23.9 Å². The molecular formula is C10H18N4O3S. The monoisotopic (exact) mass is 274 g/mol. The van der Waals surface area contributed by atoms with Gasteiger partial charge in [-0.25, -0.2) is 4.68 Å². The standard InChI is InChI=1S/C10H18N4O3S/c1-7-9(14(16)17)10(13(2)12-7)11-8(4-5-15)6-18-3/h8,11,15H,4-6H2,1-3H3. The number of thioether (sulfide) groups is 1. The van der Waals surface area contributed by atoms with Crippen LogP contribution in [0.25, 0.3) is 0 Å². The Kier molecular flexibility index (Phi) is 5.42. The number of nitro groups is 1. The van der Waals surface area contributed by atoms with E-state index in [0.29, 0.717) is 17.9 Å². The topological polar surface area (TPSA) is 93.2 Å². The van der Waals surface area contributed by atoms with Gasteiger partial charge in [0.05, 0.1) is 4.92 Å². The summed E-state index contributed by atoms with van der Waals surface area (Å²) in [7, 11) is 1.66. The lowest BCUT2D eigenvalue weighted by Gasteiger charge is -2.17. The van der Waals surface area contributed by atoms with E-state index in [-0.39, 0.29) is 18.3 Å². The molecule has 0 fully saturated rings. The smallest absolute Gasteiger partial charge is 0.333 e. The van der Waals surface area contributed by atoms with Crippen molar-refractivity contribution in [2.24, 2.45) is 7.05 Å². The number of anilines is 1. The summed E-state index contributed by atoms with van der Waals surface area (Å²) in [5.74, 6) is 1.16. The maximum Gasteiger partial charge on any atom is 0.333 e. The SMILES string of the molecule is CSCC(CCO)Nc1c([N+](=O)[O-])c(C)nn1C. The molecule has 0 bridgehead atoms. The largest absolute Gasteiger partial charge is 0.396 e. The van der Waals surface area contributed by atoms with Gasteiger partial charge in [-0.3, -0.25) is 10.1 Å². The molecule has 0 aliphatic heterocycles. The highest BCUT2D eigenvalue weighted by molar-refractivity contribution is 7.98. The first-order chi connectivity index (χ1) is 8.51. The molecule has 1 aromatic heterocycles. The second-order valence-electron chi connectivity index (χ2n) is 3.97. The lowest BCUT2D eigenvalue weighted by Crippen LogP contribution is -2.25. The van der Waals surface area contributed by atoms with Crippen LogP contribution in [-0.2, 0) is 7.05 Å². The fraction of sp³-hybridized carbons (Fsp3) is 0.700. The molecule has 0 spiro atoms. The van der Waals surface area contributed by atoms with Crippen molar-refractivity contribution in [2.45, 2.75) is 19.4 Å². The normalized spacial score (nSPS) is 12.4. The Morgan fingerprint density at radius 3 is 2.83 bits per heavy atom. The van der Waals surface area contributed by atoms with E-state index in [0.717, 1.165) is 5.75 Å². The summed E-state index contributed by atoms with van der Waals surface area (Å²) >= 11 is 1.62. The molecule has 0 saturated carbocycles. The highest BCUT2D eigenvalue weighted by Gasteiger charge is 2.25. The maximum absolute atomic E-state index is 11.0. The van der Waals surface area contributed by atoms with E-state index in [1.54, 1.807) is 25.7 Å². The molecular weight excluding hydrogens is 256 g/mol. The van der Waals surface area contributed by atoms with E-state index in [9.17, 15) is 10.1 Å². The minimum Gasteiger partial charge on any atom is -0.396 e. The molecule has 0 radical (unpaired) electrons. The summed E-state index contributed by atoms with van der Waals surface area (Å²) in [5.41, 5.74) is 0.387. The predicted octanol–water partition coefficient (Wildman–Crippen LogP) is 1.16. The molecule has 0 aromatic carbocycles. The minimum absolute atomic E-state index is 0.00143. The minimum atomic E-state index is -0.431. The first-order valence-electron chi connectivity index (χ1n) is 5.55. The van der Waals surface area contributed by atoms with Crippen LogP contribution in [0.3, 0.4) is 0 Å². The molecule has 0 aliphatic carbocycles. The van der Waals surface area contributed by atoms with E-state index in [1.807, 2.05) is 6.26 Å². The molecule has 1 atom stereocenters. The van der Waals surface area contributed by atoms with Gasteiger partial charge >= 0.3 is 5.69 Å². The molecule has 8 heteroatoms. The quantitative estimate of drug-likeness (QED) is 0.572. The van der Waals surface area contributed by atoms with Crippen molar-refractivity contribution in [3.05, 3.63) is 15.8 Å². The lowest BCUT2D eigenvalue weighted by atomic mass is 10.2. The van der Waals surface area contributed by atoms with Crippen molar-refractivity contribution in [3.63, 3.8) is 0 Å². The Morgan fingerprint density at radius 1 is 1.67 bits per heavy atom. The summed E-state index contributed by atoms with van der Waals surface area (Å²) in [4.78, 5) is 10.6. The average molecular weight is 274 g/mol. The van der Waals surface area contributed by atoms with Crippen molar-refractivity contribution in [3.8, 4) is 0 Å². The molecule has 0 amide bonds. The van der Waals surface area contributed by atoms with Gasteiger partial charge in [0.25, 0.3) is 0 Å². The summed E-state index contributed by atoms with van der Waals surface area (Å²) in [6.45, 7) is 1.65. The molecule has 102 valence electrons. The van der Waals surface area contributed by atoms with E-state index < -0.39 is 4.92 Å². The van der Waals surface area contributed by atoms with Crippen molar-refractivity contribution < 1.29 is 10.0 Å². The predicted molar refractivity (Wildman–Crippen MR) is 72.1 cm³/mol. The van der Waals surface area contributed by atoms with Crippen LogP contribution in [0.4, 0.5) is 11.5 Å². The molecule has 1 heterocycles. The number of aryl methyl sites for hydroxylation is 2. The van der Waals surface area contributed by atoms with Crippen LogP contribution in [0.1, 0.15) is 12.1 Å². The highest BCUT2D eigenvalue weighted by Crippen LogP contribution is 2.28. The zero-order chi connectivity index (χ0) is 13.7. The molecule has 0 saturated heterocycles. The average Bonchev–Trinajstić information content (AvgIpc) is 2.54. The summed E-state index contributed by atoms with van der Waals surface area (Å²) in [6, 6.07) is -0.0153. The summed E-state index contributed by atoms with van der Waals surface area (Å²) in [6.07, 6.45) is 2.50. The Balaban J connectivity index is 2.97. The number of aromatic nitrogens is 2. The Morgan fingerprint density at radius 2 is 2.33 bits per heavy atom. The number of aliphatic hydroxyl groups is 1. The van der Waals surface area contributed by atoms with E-state index >= 15 is 0 Å². The Labute approximate surface area is 110 Å². The summed E-state index contributed by atoms with van der Waals surface area (Å²) in [5, 5.41) is 27.1. The van der Waals surface area contributed by atoms with Crippen LogP contribution in [0.5, 0.6) is 0 Å². The molecule has 2 N–H and O–H groups in total. The van der Waals surface area contributed by atoms with Crippen LogP contribution >= 0.6 is 11.8 Å². The van der Waals surface area contributed by atoms with Crippen molar-refractivity contribution in [1.29, 1.82) is 0 Å². The second-order valence-corrected chi connectivity index (χ2v) is 4.88. The summed E-state index contributed by atoms with van der Waals surface area (Å²) < 4.78 is 1.47. The van der Waals surface area contributed by atoms with Crippen LogP contribution < -0.4 is 5.32 Å². The molecule has 1 unspecified atom stereocenters. The van der Waals surface area contributed by atoms with Crippen LogP contribution in [0.15, 0.2) is 0 Å². The third kappa shape index (κ3) is 3.36. The third-order valence-corrected chi connectivity index (χ3v) is 3.30. The van der Waals surface area contributed by atoms with Gasteiger partial charge in [0.2, 0.25) is 5.82 Å². The number of aliphatic hydroxyl groups excluding tert-OH is 1.